The van der Waals surface area contributed by atoms with Crippen LogP contribution in [0.25, 0.3) is 0 Å². The fraction of sp³-hybridized carbons (Fsp3) is 0.462. The van der Waals surface area contributed by atoms with Crippen molar-refractivity contribution in [1.29, 1.82) is 0 Å². The molecule has 108 valence electrons. The van der Waals surface area contributed by atoms with Gasteiger partial charge in [0.25, 0.3) is 0 Å². The fourth-order valence-electron chi connectivity index (χ4n) is 2.84. The van der Waals surface area contributed by atoms with Gasteiger partial charge in [0.2, 0.25) is 5.91 Å². The maximum Gasteiger partial charge on any atom is 0.239 e. The highest BCUT2D eigenvalue weighted by molar-refractivity contribution is 7.91. The minimum absolute atomic E-state index is 0.00651. The molecular weight excluding hydrogens is 283 g/mol. The molecule has 1 N–H and O–H groups in total. The number of nitrogens with one attached hydrogen (secondary N) is 1. The van der Waals surface area contributed by atoms with E-state index in [0.717, 1.165) is 0 Å². The standard InChI is InChI=1S/C13H15FN2O3S/c1-8-2-3-9(4-10(8)14)16-5-13(17)15-11-6-20(18,19)7-12(11)16/h2-4,11-12H,5-7H2,1H3,(H,15,17)/t11-,12+/m1/s1. The molecule has 5 nitrogen and oxygen atoms in total. The van der Waals surface area contributed by atoms with Gasteiger partial charge in [-0.1, -0.05) is 6.07 Å². The van der Waals surface area contributed by atoms with Gasteiger partial charge in [-0.2, -0.15) is 0 Å². The molecule has 1 amide bonds. The molecule has 2 aliphatic rings. The third-order valence-corrected chi connectivity index (χ3v) is 5.59. The first-order valence-corrected chi connectivity index (χ1v) is 8.20. The summed E-state index contributed by atoms with van der Waals surface area (Å²) in [5.74, 6) is -0.642. The normalized spacial score (nSPS) is 28.1. The molecule has 2 fully saturated rings. The van der Waals surface area contributed by atoms with Gasteiger partial charge >= 0.3 is 0 Å². The average Bonchev–Trinajstić information content (AvgIpc) is 2.65. The number of piperazine rings is 1. The van der Waals surface area contributed by atoms with E-state index in [1.807, 2.05) is 0 Å². The van der Waals surface area contributed by atoms with Crippen molar-refractivity contribution in [1.82, 2.24) is 5.32 Å². The second kappa shape index (κ2) is 4.44. The third-order valence-electron chi connectivity index (χ3n) is 3.87. The Hall–Kier alpha value is -1.63. The number of carbonyl (C=O) groups excluding carboxylic acids is 1. The monoisotopic (exact) mass is 298 g/mol. The SMILES string of the molecule is Cc1ccc(N2CC(=O)N[C@@H]3CS(=O)(=O)C[C@@H]32)cc1F. The molecule has 2 saturated heterocycles. The molecular formula is C13H15FN2O3S. The van der Waals surface area contributed by atoms with E-state index in [2.05, 4.69) is 5.32 Å². The lowest BCUT2D eigenvalue weighted by molar-refractivity contribution is -0.121. The molecule has 0 saturated carbocycles. The van der Waals surface area contributed by atoms with Crippen molar-refractivity contribution in [2.24, 2.45) is 0 Å². The zero-order valence-corrected chi connectivity index (χ0v) is 11.8. The van der Waals surface area contributed by atoms with Crippen molar-refractivity contribution in [3.8, 4) is 0 Å². The number of nitrogens with zero attached hydrogens (tertiary/aromatic N) is 1. The summed E-state index contributed by atoms with van der Waals surface area (Å²) in [6.07, 6.45) is 0. The van der Waals surface area contributed by atoms with Gasteiger partial charge in [-0.05, 0) is 24.6 Å². The highest BCUT2D eigenvalue weighted by Gasteiger charge is 2.45. The Labute approximate surface area is 116 Å². The number of amides is 1. The molecule has 2 aliphatic heterocycles. The molecule has 1 aromatic rings. The lowest BCUT2D eigenvalue weighted by atomic mass is 10.1. The van der Waals surface area contributed by atoms with Crippen LogP contribution in [-0.4, -0.2) is 44.5 Å². The van der Waals surface area contributed by atoms with Crippen LogP contribution in [0.15, 0.2) is 18.2 Å². The molecule has 0 bridgehead atoms. The Morgan fingerprint density at radius 1 is 1.35 bits per heavy atom. The van der Waals surface area contributed by atoms with Crippen LogP contribution in [0, 0.1) is 12.7 Å². The summed E-state index contributed by atoms with van der Waals surface area (Å²) < 4.78 is 37.2. The number of sulfone groups is 1. The van der Waals surface area contributed by atoms with Gasteiger partial charge < -0.3 is 10.2 Å². The lowest BCUT2D eigenvalue weighted by Gasteiger charge is -2.38. The lowest BCUT2D eigenvalue weighted by Crippen LogP contribution is -2.60. The van der Waals surface area contributed by atoms with Crippen LogP contribution in [0.4, 0.5) is 10.1 Å². The number of halogens is 1. The molecule has 0 aromatic heterocycles. The number of hydrogen-bond acceptors (Lipinski definition) is 4. The van der Waals surface area contributed by atoms with E-state index in [1.54, 1.807) is 24.0 Å². The van der Waals surface area contributed by atoms with Gasteiger partial charge in [0.1, 0.15) is 5.82 Å². The van der Waals surface area contributed by atoms with Crippen molar-refractivity contribution in [2.45, 2.75) is 19.0 Å². The summed E-state index contributed by atoms with van der Waals surface area (Å²) in [6, 6.07) is 3.98. The third kappa shape index (κ3) is 2.26. The number of anilines is 1. The van der Waals surface area contributed by atoms with Crippen molar-refractivity contribution in [3.05, 3.63) is 29.6 Å². The second-order valence-electron chi connectivity index (χ2n) is 5.38. The highest BCUT2D eigenvalue weighted by Crippen LogP contribution is 2.28. The van der Waals surface area contributed by atoms with Crippen LogP contribution in [0.5, 0.6) is 0 Å². The van der Waals surface area contributed by atoms with Crippen molar-refractivity contribution >= 4 is 21.4 Å². The van der Waals surface area contributed by atoms with Crippen molar-refractivity contribution < 1.29 is 17.6 Å². The number of fused-ring (bicyclic) bond motifs is 1. The summed E-state index contributed by atoms with van der Waals surface area (Å²) in [5, 5.41) is 2.71. The number of rotatable bonds is 1. The first-order chi connectivity index (χ1) is 9.35. The van der Waals surface area contributed by atoms with E-state index in [4.69, 9.17) is 0 Å². The van der Waals surface area contributed by atoms with Gasteiger partial charge in [0, 0.05) is 5.69 Å². The topological polar surface area (TPSA) is 66.5 Å². The largest absolute Gasteiger partial charge is 0.356 e. The predicted molar refractivity (Wildman–Crippen MR) is 72.9 cm³/mol. The van der Waals surface area contributed by atoms with Crippen molar-refractivity contribution in [2.75, 3.05) is 23.0 Å². The molecule has 2 atom stereocenters. The predicted octanol–water partition coefficient (Wildman–Crippen LogP) is 0.236. The average molecular weight is 298 g/mol. The Bertz CT molecular complexity index is 674. The maximum absolute atomic E-state index is 13.7. The van der Waals surface area contributed by atoms with E-state index in [-0.39, 0.29) is 35.8 Å². The molecule has 1 aromatic carbocycles. The molecule has 0 radical (unpaired) electrons. The Kier molecular flexibility index (Phi) is 2.97. The van der Waals surface area contributed by atoms with E-state index in [9.17, 15) is 17.6 Å². The molecule has 0 unspecified atom stereocenters. The smallest absolute Gasteiger partial charge is 0.239 e. The van der Waals surface area contributed by atoms with Crippen LogP contribution >= 0.6 is 0 Å². The molecule has 2 heterocycles. The van der Waals surface area contributed by atoms with Gasteiger partial charge in [0.05, 0.1) is 30.1 Å². The van der Waals surface area contributed by atoms with E-state index in [1.165, 1.54) is 6.07 Å². The van der Waals surface area contributed by atoms with Gasteiger partial charge in [-0.3, -0.25) is 4.79 Å². The molecule has 3 rings (SSSR count). The number of aryl methyl sites for hydroxylation is 1. The molecule has 7 heteroatoms. The zero-order valence-electron chi connectivity index (χ0n) is 11.0. The summed E-state index contributed by atoms with van der Waals surface area (Å²) in [5.41, 5.74) is 1.07. The Balaban J connectivity index is 1.98. The van der Waals surface area contributed by atoms with Gasteiger partial charge in [-0.25, -0.2) is 12.8 Å². The molecule has 20 heavy (non-hydrogen) atoms. The minimum Gasteiger partial charge on any atom is -0.356 e. The summed E-state index contributed by atoms with van der Waals surface area (Å²) in [6.45, 7) is 1.71. The van der Waals surface area contributed by atoms with Crippen LogP contribution in [0.1, 0.15) is 5.56 Å². The summed E-state index contributed by atoms with van der Waals surface area (Å²) in [4.78, 5) is 13.4. The Morgan fingerprint density at radius 2 is 2.10 bits per heavy atom. The first-order valence-electron chi connectivity index (χ1n) is 6.38. The summed E-state index contributed by atoms with van der Waals surface area (Å²) in [7, 11) is -3.16. The quantitative estimate of drug-likeness (QED) is 0.806. The highest BCUT2D eigenvalue weighted by atomic mass is 32.2. The van der Waals surface area contributed by atoms with Gasteiger partial charge in [-0.15, -0.1) is 0 Å². The van der Waals surface area contributed by atoms with E-state index >= 15 is 0 Å². The zero-order chi connectivity index (χ0) is 14.5. The van der Waals surface area contributed by atoms with Crippen molar-refractivity contribution in [3.63, 3.8) is 0 Å². The van der Waals surface area contributed by atoms with E-state index in [0.29, 0.717) is 11.3 Å². The molecule has 0 spiro atoms. The minimum atomic E-state index is -3.16. The number of carbonyl (C=O) groups is 1. The van der Waals surface area contributed by atoms with Gasteiger partial charge in [0.15, 0.2) is 9.84 Å². The number of hydrogen-bond donors (Lipinski definition) is 1. The number of benzene rings is 1. The fourth-order valence-corrected chi connectivity index (χ4v) is 4.76. The first kappa shape index (κ1) is 13.4. The van der Waals surface area contributed by atoms with Crippen LogP contribution in [0.2, 0.25) is 0 Å². The van der Waals surface area contributed by atoms with Crippen LogP contribution in [0.3, 0.4) is 0 Å². The maximum atomic E-state index is 13.7. The van der Waals surface area contributed by atoms with Crippen LogP contribution < -0.4 is 10.2 Å². The summed E-state index contributed by atoms with van der Waals surface area (Å²) >= 11 is 0. The molecule has 0 aliphatic carbocycles. The van der Waals surface area contributed by atoms with E-state index < -0.39 is 15.9 Å². The van der Waals surface area contributed by atoms with Crippen LogP contribution in [-0.2, 0) is 14.6 Å². The second-order valence-corrected chi connectivity index (χ2v) is 7.53. The Morgan fingerprint density at radius 3 is 2.80 bits per heavy atom.